The topological polar surface area (TPSA) is 54.7 Å². The van der Waals surface area contributed by atoms with Crippen LogP contribution >= 0.6 is 0 Å². The fourth-order valence-corrected chi connectivity index (χ4v) is 3.52. The Balaban J connectivity index is 1.36. The van der Waals surface area contributed by atoms with Crippen LogP contribution < -0.4 is 10.1 Å². The zero-order valence-corrected chi connectivity index (χ0v) is 14.5. The molecule has 2 atom stereocenters. The highest BCUT2D eigenvalue weighted by Crippen LogP contribution is 2.34. The lowest BCUT2D eigenvalue weighted by Gasteiger charge is -2.30. The number of furan rings is 1. The van der Waals surface area contributed by atoms with Crippen molar-refractivity contribution in [3.8, 4) is 5.75 Å². The van der Waals surface area contributed by atoms with Gasteiger partial charge in [0.2, 0.25) is 0 Å². The maximum absolute atomic E-state index is 12.8. The van der Waals surface area contributed by atoms with Gasteiger partial charge in [0.25, 0.3) is 0 Å². The van der Waals surface area contributed by atoms with Crippen LogP contribution in [-0.2, 0) is 6.42 Å². The third kappa shape index (κ3) is 3.50. The van der Waals surface area contributed by atoms with Crippen molar-refractivity contribution in [2.75, 3.05) is 13.2 Å². The summed E-state index contributed by atoms with van der Waals surface area (Å²) in [6, 6.07) is 12.2. The lowest BCUT2D eigenvalue weighted by atomic mass is 9.97. The smallest absolute Gasteiger partial charge is 0.318 e. The predicted molar refractivity (Wildman–Crippen MR) is 94.5 cm³/mol. The molecule has 1 fully saturated rings. The van der Waals surface area contributed by atoms with Crippen LogP contribution in [0.15, 0.2) is 47.1 Å². The fourth-order valence-electron chi connectivity index (χ4n) is 3.52. The Hall–Kier alpha value is -2.43. The zero-order valence-electron chi connectivity index (χ0n) is 14.5. The van der Waals surface area contributed by atoms with Gasteiger partial charge in [-0.2, -0.15) is 0 Å². The van der Waals surface area contributed by atoms with Gasteiger partial charge >= 0.3 is 6.03 Å². The Bertz CT molecular complexity index is 724. The van der Waals surface area contributed by atoms with Gasteiger partial charge in [0, 0.05) is 18.5 Å². The van der Waals surface area contributed by atoms with Crippen LogP contribution in [0.1, 0.15) is 37.1 Å². The summed E-state index contributed by atoms with van der Waals surface area (Å²) in [6.45, 7) is 3.30. The molecule has 5 nitrogen and oxygen atoms in total. The normalized spacial score (nSPS) is 20.3. The molecule has 2 heterocycles. The van der Waals surface area contributed by atoms with Crippen LogP contribution in [0.2, 0.25) is 0 Å². The SMILES string of the molecule is C[C@@H](c1ccco1)N(C(=O)NC[C@H]1COc2ccccc2C1)C1CC1. The molecule has 5 heteroatoms. The van der Waals surface area contributed by atoms with E-state index in [1.165, 1.54) is 5.56 Å². The molecule has 1 aliphatic heterocycles. The molecule has 1 aromatic carbocycles. The summed E-state index contributed by atoms with van der Waals surface area (Å²) in [5.41, 5.74) is 1.22. The summed E-state index contributed by atoms with van der Waals surface area (Å²) in [6.07, 6.45) is 4.73. The molecular formula is C20H24N2O3. The van der Waals surface area contributed by atoms with Gasteiger partial charge in [0.15, 0.2) is 0 Å². The lowest BCUT2D eigenvalue weighted by molar-refractivity contribution is 0.160. The lowest BCUT2D eigenvalue weighted by Crippen LogP contribution is -2.45. The van der Waals surface area contributed by atoms with Crippen LogP contribution in [0.3, 0.4) is 0 Å². The number of nitrogens with one attached hydrogen (secondary N) is 1. The molecule has 0 spiro atoms. The number of fused-ring (bicyclic) bond motifs is 1. The number of rotatable bonds is 5. The Labute approximate surface area is 148 Å². The molecule has 1 N–H and O–H groups in total. The minimum absolute atomic E-state index is 0.00902. The second-order valence-electron chi connectivity index (χ2n) is 7.00. The minimum atomic E-state index is -0.0502. The third-order valence-electron chi connectivity index (χ3n) is 5.04. The van der Waals surface area contributed by atoms with Crippen LogP contribution in [0.5, 0.6) is 5.75 Å². The molecular weight excluding hydrogens is 316 g/mol. The van der Waals surface area contributed by atoms with Gasteiger partial charge in [-0.15, -0.1) is 0 Å². The number of urea groups is 1. The van der Waals surface area contributed by atoms with E-state index in [1.54, 1.807) is 6.26 Å². The van der Waals surface area contributed by atoms with Crippen molar-refractivity contribution in [1.29, 1.82) is 0 Å². The standard InChI is InChI=1S/C20H24N2O3/c1-14(18-7-4-10-24-18)22(17-8-9-17)20(23)21-12-15-11-16-5-2-3-6-19(16)25-13-15/h2-7,10,14-15,17H,8-9,11-13H2,1H3,(H,21,23)/t14-,15-/m0/s1. The average molecular weight is 340 g/mol. The molecule has 4 rings (SSSR count). The second-order valence-corrected chi connectivity index (χ2v) is 7.00. The summed E-state index contributed by atoms with van der Waals surface area (Å²) < 4.78 is 11.3. The molecule has 2 amide bonds. The van der Waals surface area contributed by atoms with Crippen molar-refractivity contribution >= 4 is 6.03 Å². The van der Waals surface area contributed by atoms with Gasteiger partial charge in [-0.1, -0.05) is 18.2 Å². The largest absolute Gasteiger partial charge is 0.493 e. The Morgan fingerprint density at radius 1 is 1.28 bits per heavy atom. The van der Waals surface area contributed by atoms with E-state index < -0.39 is 0 Å². The highest BCUT2D eigenvalue weighted by atomic mass is 16.5. The second kappa shape index (κ2) is 6.82. The summed E-state index contributed by atoms with van der Waals surface area (Å²) in [5.74, 6) is 2.10. The summed E-state index contributed by atoms with van der Waals surface area (Å²) >= 11 is 0. The van der Waals surface area contributed by atoms with E-state index in [-0.39, 0.29) is 12.1 Å². The Morgan fingerprint density at radius 3 is 2.88 bits per heavy atom. The number of para-hydroxylation sites is 1. The number of ether oxygens (including phenoxy) is 1. The van der Waals surface area contributed by atoms with E-state index >= 15 is 0 Å². The van der Waals surface area contributed by atoms with Crippen molar-refractivity contribution in [1.82, 2.24) is 10.2 Å². The van der Waals surface area contributed by atoms with E-state index in [0.717, 1.165) is 30.8 Å². The average Bonchev–Trinajstić information content (AvgIpc) is 3.31. The maximum Gasteiger partial charge on any atom is 0.318 e. The monoisotopic (exact) mass is 340 g/mol. The third-order valence-corrected chi connectivity index (χ3v) is 5.04. The quantitative estimate of drug-likeness (QED) is 0.901. The van der Waals surface area contributed by atoms with E-state index in [1.807, 2.05) is 42.2 Å². The van der Waals surface area contributed by atoms with Crippen LogP contribution in [0, 0.1) is 5.92 Å². The van der Waals surface area contributed by atoms with Crippen molar-refractivity contribution < 1.29 is 13.9 Å². The molecule has 2 aromatic rings. The first kappa shape index (κ1) is 16.1. The van der Waals surface area contributed by atoms with Gasteiger partial charge in [-0.3, -0.25) is 0 Å². The molecule has 2 aliphatic rings. The summed E-state index contributed by atoms with van der Waals surface area (Å²) in [4.78, 5) is 14.7. The first-order chi connectivity index (χ1) is 12.2. The number of hydrogen-bond donors (Lipinski definition) is 1. The van der Waals surface area contributed by atoms with Crippen LogP contribution in [0.25, 0.3) is 0 Å². The Kier molecular flexibility index (Phi) is 4.38. The molecule has 0 radical (unpaired) electrons. The van der Waals surface area contributed by atoms with E-state index in [2.05, 4.69) is 11.4 Å². The summed E-state index contributed by atoms with van der Waals surface area (Å²) in [7, 11) is 0. The van der Waals surface area contributed by atoms with E-state index in [0.29, 0.717) is 25.1 Å². The van der Waals surface area contributed by atoms with E-state index in [9.17, 15) is 4.79 Å². The van der Waals surface area contributed by atoms with Gasteiger partial charge in [0.05, 0.1) is 18.9 Å². The van der Waals surface area contributed by atoms with Crippen LogP contribution in [0.4, 0.5) is 4.79 Å². The van der Waals surface area contributed by atoms with Crippen LogP contribution in [-0.4, -0.2) is 30.1 Å². The van der Waals surface area contributed by atoms with Crippen molar-refractivity contribution in [2.24, 2.45) is 5.92 Å². The van der Waals surface area contributed by atoms with Crippen molar-refractivity contribution in [3.05, 3.63) is 54.0 Å². The van der Waals surface area contributed by atoms with Crippen molar-refractivity contribution in [2.45, 2.75) is 38.3 Å². The number of benzene rings is 1. The molecule has 1 aromatic heterocycles. The minimum Gasteiger partial charge on any atom is -0.493 e. The highest BCUT2D eigenvalue weighted by molar-refractivity contribution is 5.75. The number of carbonyl (C=O) groups is 1. The fraction of sp³-hybridized carbons (Fsp3) is 0.450. The van der Waals surface area contributed by atoms with Gasteiger partial charge in [-0.05, 0) is 49.9 Å². The van der Waals surface area contributed by atoms with Crippen molar-refractivity contribution in [3.63, 3.8) is 0 Å². The predicted octanol–water partition coefficient (Wildman–Crippen LogP) is 3.77. The molecule has 1 aliphatic carbocycles. The Morgan fingerprint density at radius 2 is 2.12 bits per heavy atom. The van der Waals surface area contributed by atoms with Gasteiger partial charge in [0.1, 0.15) is 11.5 Å². The maximum atomic E-state index is 12.8. The number of carbonyl (C=O) groups excluding carboxylic acids is 1. The number of nitrogens with zero attached hydrogens (tertiary/aromatic N) is 1. The number of hydrogen-bond acceptors (Lipinski definition) is 3. The number of amides is 2. The summed E-state index contributed by atoms with van der Waals surface area (Å²) in [5, 5.41) is 3.11. The molecule has 25 heavy (non-hydrogen) atoms. The first-order valence-electron chi connectivity index (χ1n) is 9.02. The molecule has 0 unspecified atom stereocenters. The molecule has 132 valence electrons. The first-order valence-corrected chi connectivity index (χ1v) is 9.02. The molecule has 0 saturated heterocycles. The molecule has 0 bridgehead atoms. The highest BCUT2D eigenvalue weighted by Gasteiger charge is 2.37. The van der Waals surface area contributed by atoms with Gasteiger partial charge in [-0.25, -0.2) is 4.79 Å². The zero-order chi connectivity index (χ0) is 17.2. The van der Waals surface area contributed by atoms with Gasteiger partial charge < -0.3 is 19.4 Å². The van der Waals surface area contributed by atoms with E-state index in [4.69, 9.17) is 9.15 Å². The molecule has 1 saturated carbocycles.